The van der Waals surface area contributed by atoms with E-state index in [1.54, 1.807) is 16.3 Å². The minimum atomic E-state index is 0.838. The maximum absolute atomic E-state index is 2.31. The van der Waals surface area contributed by atoms with Gasteiger partial charge in [-0.1, -0.05) is 23.2 Å². The highest BCUT2D eigenvalue weighted by Crippen LogP contribution is 2.23. The third-order valence-electron chi connectivity index (χ3n) is 2.24. The van der Waals surface area contributed by atoms with Crippen LogP contribution in [-0.4, -0.2) is 14.3 Å². The molecule has 0 spiro atoms. The van der Waals surface area contributed by atoms with Crippen LogP contribution >= 0.6 is 0 Å². The minimum absolute atomic E-state index is 0.838. The monoisotopic (exact) mass is 137 g/mol. The summed E-state index contributed by atoms with van der Waals surface area (Å²) in [7, 11) is 1.06. The van der Waals surface area contributed by atoms with Crippen LogP contribution in [0.25, 0.3) is 0 Å². The Balaban J connectivity index is 2.97. The molecule has 1 heteroatoms. The zero-order valence-corrected chi connectivity index (χ0v) is 7.58. The first-order valence-electron chi connectivity index (χ1n) is 3.40. The second-order valence-corrected chi connectivity index (χ2v) is 4.70. The Hall–Kier alpha value is -0.173. The van der Waals surface area contributed by atoms with E-state index in [-0.39, 0.29) is 0 Å². The molecule has 9 heavy (non-hydrogen) atoms. The van der Waals surface area contributed by atoms with Gasteiger partial charge in [0.2, 0.25) is 0 Å². The van der Waals surface area contributed by atoms with Crippen molar-refractivity contribution < 1.29 is 0 Å². The molecule has 1 radical (unpaired) electrons. The van der Waals surface area contributed by atoms with Crippen molar-refractivity contribution in [2.75, 3.05) is 0 Å². The molecule has 1 heterocycles. The van der Waals surface area contributed by atoms with E-state index in [0.717, 1.165) is 14.7 Å². The van der Waals surface area contributed by atoms with Crippen LogP contribution in [0.3, 0.4) is 0 Å². The Morgan fingerprint density at radius 1 is 1.22 bits per heavy atom. The van der Waals surface area contributed by atoms with Gasteiger partial charge in [0, 0.05) is 9.13 Å². The zero-order valence-electron chi connectivity index (χ0n) is 6.58. The standard InChI is InChI=1S/C8H13Si/c1-5-6(2)8(4)9-7(5)3/h7H,1-4H3. The molecule has 1 aliphatic rings. The van der Waals surface area contributed by atoms with Crippen LogP contribution in [-0.2, 0) is 0 Å². The molecule has 49 valence electrons. The Kier molecular flexibility index (Phi) is 1.71. The van der Waals surface area contributed by atoms with Crippen molar-refractivity contribution in [2.24, 2.45) is 0 Å². The fraction of sp³-hybridized carbons (Fsp3) is 0.625. The van der Waals surface area contributed by atoms with E-state index in [9.17, 15) is 0 Å². The minimum Gasteiger partial charge on any atom is -0.0673 e. The SMILES string of the molecule is CC1=[Si]C(C)C(C)=C1C. The summed E-state index contributed by atoms with van der Waals surface area (Å²) in [6.07, 6.45) is 0. The fourth-order valence-corrected chi connectivity index (χ4v) is 2.66. The number of hydrogen-bond donors (Lipinski definition) is 0. The molecule has 0 fully saturated rings. The molecule has 0 saturated carbocycles. The molecule has 1 atom stereocenters. The summed E-state index contributed by atoms with van der Waals surface area (Å²) < 4.78 is 0. The predicted octanol–water partition coefficient (Wildman–Crippen LogP) is 2.04. The van der Waals surface area contributed by atoms with Crippen molar-refractivity contribution in [2.45, 2.75) is 33.2 Å². The van der Waals surface area contributed by atoms with Crippen molar-refractivity contribution in [3.63, 3.8) is 0 Å². The summed E-state index contributed by atoms with van der Waals surface area (Å²) >= 11 is 0. The van der Waals surface area contributed by atoms with Crippen molar-refractivity contribution in [1.29, 1.82) is 0 Å². The summed E-state index contributed by atoms with van der Waals surface area (Å²) in [5, 5.41) is 1.61. The molecule has 0 saturated heterocycles. The van der Waals surface area contributed by atoms with E-state index in [4.69, 9.17) is 0 Å². The highest BCUT2D eigenvalue weighted by Gasteiger charge is 2.13. The van der Waals surface area contributed by atoms with Crippen LogP contribution in [0.1, 0.15) is 27.7 Å². The van der Waals surface area contributed by atoms with Crippen LogP contribution in [0.2, 0.25) is 5.54 Å². The second-order valence-electron chi connectivity index (χ2n) is 2.80. The van der Waals surface area contributed by atoms with Gasteiger partial charge < -0.3 is 0 Å². The van der Waals surface area contributed by atoms with Crippen molar-refractivity contribution in [1.82, 2.24) is 0 Å². The number of rotatable bonds is 0. The Morgan fingerprint density at radius 3 is 1.89 bits per heavy atom. The molecule has 0 aromatic carbocycles. The van der Waals surface area contributed by atoms with Gasteiger partial charge >= 0.3 is 0 Å². The van der Waals surface area contributed by atoms with Crippen LogP contribution < -0.4 is 0 Å². The van der Waals surface area contributed by atoms with Gasteiger partial charge in [-0.05, 0) is 26.3 Å². The van der Waals surface area contributed by atoms with Crippen molar-refractivity contribution in [3.05, 3.63) is 11.1 Å². The highest BCUT2D eigenvalue weighted by molar-refractivity contribution is 6.61. The van der Waals surface area contributed by atoms with Gasteiger partial charge in [0.05, 0.1) is 0 Å². The van der Waals surface area contributed by atoms with Gasteiger partial charge in [-0.25, -0.2) is 0 Å². The highest BCUT2D eigenvalue weighted by atomic mass is 28.2. The molecule has 1 rings (SSSR count). The molecule has 1 unspecified atom stereocenters. The largest absolute Gasteiger partial charge is 0.0673 e. The quantitative estimate of drug-likeness (QED) is 0.448. The molecule has 0 nitrogen and oxygen atoms in total. The number of hydrogen-bond acceptors (Lipinski definition) is 0. The first-order chi connectivity index (χ1) is 4.13. The van der Waals surface area contributed by atoms with Gasteiger partial charge in [-0.3, -0.25) is 0 Å². The van der Waals surface area contributed by atoms with E-state index in [1.807, 2.05) is 0 Å². The van der Waals surface area contributed by atoms with E-state index in [0.29, 0.717) is 0 Å². The first kappa shape index (κ1) is 6.94. The van der Waals surface area contributed by atoms with Crippen LogP contribution in [0.15, 0.2) is 11.1 Å². The molecule has 0 N–H and O–H groups in total. The van der Waals surface area contributed by atoms with E-state index >= 15 is 0 Å². The normalized spacial score (nSPS) is 27.1. The van der Waals surface area contributed by atoms with Crippen LogP contribution in [0.4, 0.5) is 0 Å². The van der Waals surface area contributed by atoms with Crippen molar-refractivity contribution >= 4 is 14.3 Å². The van der Waals surface area contributed by atoms with E-state index in [1.165, 1.54) is 0 Å². The zero-order chi connectivity index (χ0) is 7.02. The van der Waals surface area contributed by atoms with Crippen LogP contribution in [0.5, 0.6) is 0 Å². The summed E-state index contributed by atoms with van der Waals surface area (Å²) in [5.74, 6) is 0. The van der Waals surface area contributed by atoms with Gasteiger partial charge in [-0.15, -0.1) is 0 Å². The Labute approximate surface area is 59.4 Å². The second kappa shape index (κ2) is 2.22. The van der Waals surface area contributed by atoms with Crippen molar-refractivity contribution in [3.8, 4) is 0 Å². The maximum Gasteiger partial charge on any atom is 0.0314 e. The average molecular weight is 137 g/mol. The summed E-state index contributed by atoms with van der Waals surface area (Å²) in [6.45, 7) is 9.05. The topological polar surface area (TPSA) is 0 Å². The molecular formula is C8H13Si. The lowest BCUT2D eigenvalue weighted by Gasteiger charge is -2.00. The maximum atomic E-state index is 2.31. The molecule has 0 bridgehead atoms. The predicted molar refractivity (Wildman–Crippen MR) is 44.2 cm³/mol. The third-order valence-corrected chi connectivity index (χ3v) is 3.91. The van der Waals surface area contributed by atoms with Gasteiger partial charge in [0.15, 0.2) is 0 Å². The fourth-order valence-electron chi connectivity index (χ4n) is 1.16. The molecule has 1 aliphatic heterocycles. The third kappa shape index (κ3) is 1.06. The van der Waals surface area contributed by atoms with Gasteiger partial charge in [-0.2, -0.15) is 0 Å². The Bertz CT molecular complexity index is 187. The Morgan fingerprint density at radius 2 is 1.78 bits per heavy atom. The summed E-state index contributed by atoms with van der Waals surface area (Å²) in [5.41, 5.74) is 4.00. The summed E-state index contributed by atoms with van der Waals surface area (Å²) in [4.78, 5) is 0. The molecule has 0 aliphatic carbocycles. The van der Waals surface area contributed by atoms with Crippen LogP contribution in [0, 0.1) is 0 Å². The molecule has 0 aromatic rings. The lowest BCUT2D eigenvalue weighted by molar-refractivity contribution is 1.08. The average Bonchev–Trinajstić information content (AvgIpc) is 1.98. The lowest BCUT2D eigenvalue weighted by Crippen LogP contribution is -1.92. The molecular weight excluding hydrogens is 124 g/mol. The molecule has 0 amide bonds. The van der Waals surface area contributed by atoms with Gasteiger partial charge in [0.25, 0.3) is 0 Å². The molecule has 0 aromatic heterocycles. The first-order valence-corrected chi connectivity index (χ1v) is 4.48. The smallest absolute Gasteiger partial charge is 0.0314 e. The van der Waals surface area contributed by atoms with E-state index in [2.05, 4.69) is 27.7 Å². The van der Waals surface area contributed by atoms with Gasteiger partial charge in [0.1, 0.15) is 0 Å². The van der Waals surface area contributed by atoms with E-state index < -0.39 is 0 Å². The summed E-state index contributed by atoms with van der Waals surface area (Å²) in [6, 6.07) is 0. The lowest BCUT2D eigenvalue weighted by atomic mass is 10.1. The number of allylic oxidation sites excluding steroid dienone is 2.